The summed E-state index contributed by atoms with van der Waals surface area (Å²) in [7, 11) is 0. The van der Waals surface area contributed by atoms with Crippen molar-refractivity contribution in [2.75, 3.05) is 36.5 Å². The third-order valence-corrected chi connectivity index (χ3v) is 3.85. The number of amides is 1. The molecule has 2 aromatic rings. The van der Waals surface area contributed by atoms with Crippen molar-refractivity contribution in [3.05, 3.63) is 46.7 Å². The molecule has 0 saturated carbocycles. The van der Waals surface area contributed by atoms with Gasteiger partial charge in [-0.25, -0.2) is 0 Å². The van der Waals surface area contributed by atoms with Crippen molar-refractivity contribution in [3.63, 3.8) is 0 Å². The van der Waals surface area contributed by atoms with E-state index in [1.54, 1.807) is 12.3 Å². The van der Waals surface area contributed by atoms with E-state index in [1.807, 2.05) is 24.3 Å². The second kappa shape index (κ2) is 6.32. The molecule has 110 valence electrons. The highest BCUT2D eigenvalue weighted by Gasteiger charge is 2.12. The average molecular weight is 350 g/mol. The Morgan fingerprint density at radius 2 is 1.95 bits per heavy atom. The van der Waals surface area contributed by atoms with Gasteiger partial charge in [-0.15, -0.1) is 0 Å². The molecule has 1 saturated heterocycles. The summed E-state index contributed by atoms with van der Waals surface area (Å²) in [6.45, 7) is 3.34. The van der Waals surface area contributed by atoms with Crippen molar-refractivity contribution in [1.29, 1.82) is 0 Å². The molecule has 1 aromatic heterocycles. The number of benzene rings is 1. The van der Waals surface area contributed by atoms with Gasteiger partial charge in [-0.2, -0.15) is 0 Å². The molecule has 1 fully saturated rings. The molecule has 0 unspecified atom stereocenters. The van der Waals surface area contributed by atoms with Crippen LogP contribution < -0.4 is 10.2 Å². The first kappa shape index (κ1) is 14.2. The standard InChI is InChI=1S/C15H16BrN3O2/c16-11-9-14(17-10-11)15(20)18-12-1-3-13(4-2-12)19-5-7-21-8-6-19/h1-4,9-10,17H,5-8H2,(H,18,20). The van der Waals surface area contributed by atoms with E-state index in [9.17, 15) is 4.79 Å². The molecule has 5 nitrogen and oxygen atoms in total. The van der Waals surface area contributed by atoms with Gasteiger partial charge in [-0.3, -0.25) is 4.79 Å². The topological polar surface area (TPSA) is 57.4 Å². The van der Waals surface area contributed by atoms with Gasteiger partial charge >= 0.3 is 0 Å². The van der Waals surface area contributed by atoms with E-state index in [0.717, 1.165) is 42.2 Å². The lowest BCUT2D eigenvalue weighted by Gasteiger charge is -2.28. The molecule has 6 heteroatoms. The van der Waals surface area contributed by atoms with Gasteiger partial charge < -0.3 is 19.9 Å². The summed E-state index contributed by atoms with van der Waals surface area (Å²) >= 11 is 3.31. The maximum absolute atomic E-state index is 12.0. The van der Waals surface area contributed by atoms with Crippen molar-refractivity contribution < 1.29 is 9.53 Å². The largest absolute Gasteiger partial charge is 0.378 e. The number of ether oxygens (including phenoxy) is 1. The van der Waals surface area contributed by atoms with Crippen LogP contribution in [0.5, 0.6) is 0 Å². The first-order chi connectivity index (χ1) is 10.2. The maximum Gasteiger partial charge on any atom is 0.272 e. The summed E-state index contributed by atoms with van der Waals surface area (Å²) in [6.07, 6.45) is 1.73. The second-order valence-electron chi connectivity index (χ2n) is 4.83. The Bertz CT molecular complexity index is 618. The van der Waals surface area contributed by atoms with E-state index in [-0.39, 0.29) is 5.91 Å². The fourth-order valence-electron chi connectivity index (χ4n) is 2.27. The lowest BCUT2D eigenvalue weighted by atomic mass is 10.2. The van der Waals surface area contributed by atoms with E-state index in [2.05, 4.69) is 31.1 Å². The molecule has 0 spiro atoms. The molecule has 0 atom stereocenters. The molecule has 2 N–H and O–H groups in total. The van der Waals surface area contributed by atoms with Crippen LogP contribution in [0.1, 0.15) is 10.5 Å². The predicted octanol–water partition coefficient (Wildman–Crippen LogP) is 2.87. The fourth-order valence-corrected chi connectivity index (χ4v) is 2.62. The predicted molar refractivity (Wildman–Crippen MR) is 85.9 cm³/mol. The Morgan fingerprint density at radius 3 is 2.57 bits per heavy atom. The molecule has 0 radical (unpaired) electrons. The molecule has 2 heterocycles. The van der Waals surface area contributed by atoms with Crippen LogP contribution in [0.2, 0.25) is 0 Å². The zero-order chi connectivity index (χ0) is 14.7. The molecular weight excluding hydrogens is 334 g/mol. The van der Waals surface area contributed by atoms with Crippen LogP contribution >= 0.6 is 15.9 Å². The van der Waals surface area contributed by atoms with Crippen LogP contribution in [0.4, 0.5) is 11.4 Å². The Morgan fingerprint density at radius 1 is 1.24 bits per heavy atom. The first-order valence-corrected chi connectivity index (χ1v) is 7.60. The molecular formula is C15H16BrN3O2. The highest BCUT2D eigenvalue weighted by atomic mass is 79.9. The van der Waals surface area contributed by atoms with Crippen molar-refractivity contribution >= 4 is 33.2 Å². The van der Waals surface area contributed by atoms with Crippen molar-refractivity contribution in [2.45, 2.75) is 0 Å². The van der Waals surface area contributed by atoms with Gasteiger partial charge in [-0.1, -0.05) is 0 Å². The Kier molecular flexibility index (Phi) is 4.26. The Balaban J connectivity index is 1.65. The van der Waals surface area contributed by atoms with Crippen LogP contribution in [0.3, 0.4) is 0 Å². The van der Waals surface area contributed by atoms with E-state index >= 15 is 0 Å². The van der Waals surface area contributed by atoms with Crippen LogP contribution in [-0.2, 0) is 4.74 Å². The number of nitrogens with one attached hydrogen (secondary N) is 2. The third-order valence-electron chi connectivity index (χ3n) is 3.39. The number of H-pyrrole nitrogens is 1. The summed E-state index contributed by atoms with van der Waals surface area (Å²) in [6, 6.07) is 9.62. The number of morpholine rings is 1. The lowest BCUT2D eigenvalue weighted by Crippen LogP contribution is -2.36. The van der Waals surface area contributed by atoms with Crippen LogP contribution in [0.15, 0.2) is 41.0 Å². The minimum absolute atomic E-state index is 0.153. The second-order valence-corrected chi connectivity index (χ2v) is 5.75. The Labute approximate surface area is 131 Å². The summed E-state index contributed by atoms with van der Waals surface area (Å²) in [5, 5.41) is 2.87. The van der Waals surface area contributed by atoms with Crippen molar-refractivity contribution in [2.24, 2.45) is 0 Å². The molecule has 0 bridgehead atoms. The molecule has 0 aliphatic carbocycles. The van der Waals surface area contributed by atoms with E-state index in [4.69, 9.17) is 4.74 Å². The molecule has 1 aliphatic heterocycles. The minimum Gasteiger partial charge on any atom is -0.378 e. The fraction of sp³-hybridized carbons (Fsp3) is 0.267. The summed E-state index contributed by atoms with van der Waals surface area (Å²) in [4.78, 5) is 17.2. The van der Waals surface area contributed by atoms with Gasteiger partial charge in [0.15, 0.2) is 0 Å². The number of aromatic amines is 1. The number of hydrogen-bond donors (Lipinski definition) is 2. The zero-order valence-electron chi connectivity index (χ0n) is 11.4. The van der Waals surface area contributed by atoms with E-state index in [1.165, 1.54) is 0 Å². The number of carbonyl (C=O) groups excluding carboxylic acids is 1. The normalized spacial score (nSPS) is 15.0. The first-order valence-electron chi connectivity index (χ1n) is 6.80. The number of rotatable bonds is 3. The summed E-state index contributed by atoms with van der Waals surface area (Å²) < 4.78 is 6.20. The number of hydrogen-bond acceptors (Lipinski definition) is 3. The van der Waals surface area contributed by atoms with Gasteiger partial charge in [0.2, 0.25) is 0 Å². The van der Waals surface area contributed by atoms with Gasteiger partial charge in [0.05, 0.1) is 13.2 Å². The van der Waals surface area contributed by atoms with Gasteiger partial charge in [0, 0.05) is 35.1 Å². The zero-order valence-corrected chi connectivity index (χ0v) is 13.0. The summed E-state index contributed by atoms with van der Waals surface area (Å²) in [5.41, 5.74) is 2.46. The monoisotopic (exact) mass is 349 g/mol. The summed E-state index contributed by atoms with van der Waals surface area (Å²) in [5.74, 6) is -0.153. The molecule has 3 rings (SSSR count). The van der Waals surface area contributed by atoms with E-state index in [0.29, 0.717) is 5.69 Å². The van der Waals surface area contributed by atoms with Gasteiger partial charge in [0.1, 0.15) is 5.69 Å². The number of anilines is 2. The third kappa shape index (κ3) is 3.46. The van der Waals surface area contributed by atoms with Crippen LogP contribution in [0, 0.1) is 0 Å². The molecule has 1 aliphatic rings. The molecule has 1 aromatic carbocycles. The van der Waals surface area contributed by atoms with Crippen molar-refractivity contribution in [1.82, 2.24) is 4.98 Å². The molecule has 1 amide bonds. The SMILES string of the molecule is O=C(Nc1ccc(N2CCOCC2)cc1)c1cc(Br)c[nH]1. The lowest BCUT2D eigenvalue weighted by molar-refractivity contribution is 0.102. The highest BCUT2D eigenvalue weighted by Crippen LogP contribution is 2.19. The van der Waals surface area contributed by atoms with Gasteiger partial charge in [-0.05, 0) is 46.3 Å². The van der Waals surface area contributed by atoms with Crippen molar-refractivity contribution in [3.8, 4) is 0 Å². The van der Waals surface area contributed by atoms with Crippen LogP contribution in [-0.4, -0.2) is 37.2 Å². The minimum atomic E-state index is -0.153. The maximum atomic E-state index is 12.0. The quantitative estimate of drug-likeness (QED) is 0.895. The number of nitrogens with zero attached hydrogens (tertiary/aromatic N) is 1. The Hall–Kier alpha value is -1.79. The smallest absolute Gasteiger partial charge is 0.272 e. The van der Waals surface area contributed by atoms with Crippen LogP contribution in [0.25, 0.3) is 0 Å². The van der Waals surface area contributed by atoms with Gasteiger partial charge in [0.25, 0.3) is 5.91 Å². The number of aromatic nitrogens is 1. The number of halogens is 1. The number of carbonyl (C=O) groups is 1. The molecule has 21 heavy (non-hydrogen) atoms. The highest BCUT2D eigenvalue weighted by molar-refractivity contribution is 9.10. The average Bonchev–Trinajstić information content (AvgIpc) is 2.96. The van der Waals surface area contributed by atoms with E-state index < -0.39 is 0 Å².